The van der Waals surface area contributed by atoms with E-state index < -0.39 is 11.8 Å². The summed E-state index contributed by atoms with van der Waals surface area (Å²) >= 11 is 0. The fraction of sp³-hybridized carbons (Fsp3) is 0.625. The molecule has 0 aliphatic heterocycles. The number of hydrogen-bond donors (Lipinski definition) is 3. The Morgan fingerprint density at radius 1 is 1.00 bits per heavy atom. The van der Waals surface area contributed by atoms with Crippen LogP contribution in [0.15, 0.2) is 0 Å². The molecule has 0 aromatic heterocycles. The van der Waals surface area contributed by atoms with Gasteiger partial charge < -0.3 is 17.2 Å². The van der Waals surface area contributed by atoms with Gasteiger partial charge in [0.15, 0.2) is 0 Å². The maximum absolute atomic E-state index is 10.3. The second-order valence-electron chi connectivity index (χ2n) is 3.06. The van der Waals surface area contributed by atoms with Gasteiger partial charge >= 0.3 is 0 Å². The van der Waals surface area contributed by atoms with Crippen LogP contribution in [0.1, 0.15) is 26.7 Å². The van der Waals surface area contributed by atoms with Crippen LogP contribution in [0.2, 0.25) is 0 Å². The van der Waals surface area contributed by atoms with E-state index in [0.717, 1.165) is 0 Å². The third kappa shape index (κ3) is 22.4. The van der Waals surface area contributed by atoms with E-state index in [1.165, 1.54) is 6.92 Å². The van der Waals surface area contributed by atoms with Gasteiger partial charge in [0.05, 0.1) is 0 Å². The van der Waals surface area contributed by atoms with Crippen LogP contribution in [-0.4, -0.2) is 17.7 Å². The summed E-state index contributed by atoms with van der Waals surface area (Å²) in [4.78, 5) is 29.7. The lowest BCUT2D eigenvalue weighted by Crippen LogP contribution is -2.20. The van der Waals surface area contributed by atoms with E-state index in [1.807, 2.05) is 0 Å². The van der Waals surface area contributed by atoms with Crippen molar-refractivity contribution in [1.29, 1.82) is 0 Å². The first-order valence-corrected chi connectivity index (χ1v) is 4.08. The zero-order valence-electron chi connectivity index (χ0n) is 8.45. The molecule has 14 heavy (non-hydrogen) atoms. The van der Waals surface area contributed by atoms with Gasteiger partial charge in [-0.25, -0.2) is 0 Å². The molecule has 0 aliphatic carbocycles. The molecular weight excluding hydrogens is 186 g/mol. The van der Waals surface area contributed by atoms with Gasteiger partial charge in [0.1, 0.15) is 0 Å². The van der Waals surface area contributed by atoms with Crippen LogP contribution < -0.4 is 17.2 Å². The van der Waals surface area contributed by atoms with Crippen LogP contribution in [0.4, 0.5) is 0 Å². The third-order valence-electron chi connectivity index (χ3n) is 1.10. The van der Waals surface area contributed by atoms with Crippen molar-refractivity contribution in [2.75, 3.05) is 0 Å². The monoisotopic (exact) mass is 203 g/mol. The van der Waals surface area contributed by atoms with Crippen LogP contribution in [0.3, 0.4) is 0 Å². The Kier molecular flexibility index (Phi) is 8.55. The number of carbonyl (C=O) groups is 3. The summed E-state index contributed by atoms with van der Waals surface area (Å²) in [6, 6.07) is 0. The van der Waals surface area contributed by atoms with Crippen LogP contribution in [0, 0.1) is 5.92 Å². The second kappa shape index (κ2) is 8.03. The van der Waals surface area contributed by atoms with Crippen molar-refractivity contribution in [2.24, 2.45) is 23.1 Å². The zero-order valence-corrected chi connectivity index (χ0v) is 8.45. The van der Waals surface area contributed by atoms with Crippen molar-refractivity contribution in [2.45, 2.75) is 26.7 Å². The molecule has 82 valence electrons. The first-order chi connectivity index (χ1) is 6.25. The Balaban J connectivity index is 0. The molecule has 0 spiro atoms. The molecule has 0 radical (unpaired) electrons. The van der Waals surface area contributed by atoms with Crippen molar-refractivity contribution in [1.82, 2.24) is 0 Å². The highest BCUT2D eigenvalue weighted by Gasteiger charge is 2.08. The topological polar surface area (TPSA) is 129 Å². The Bertz CT molecular complexity index is 196. The zero-order chi connectivity index (χ0) is 11.7. The standard InChI is InChI=1S/C6H12N2O2.C2H5NO/c1-4(2-5(7)9)3-6(8)10;1-2(3)4/h4H,2-3H2,1H3,(H2,7,9)(H2,8,10);1H3,(H2,3,4). The van der Waals surface area contributed by atoms with Gasteiger partial charge in [0.2, 0.25) is 17.7 Å². The van der Waals surface area contributed by atoms with E-state index in [9.17, 15) is 14.4 Å². The largest absolute Gasteiger partial charge is 0.370 e. The summed E-state index contributed by atoms with van der Waals surface area (Å²) in [6.45, 7) is 3.06. The fourth-order valence-electron chi connectivity index (χ4n) is 0.759. The van der Waals surface area contributed by atoms with E-state index >= 15 is 0 Å². The Hall–Kier alpha value is -1.59. The normalized spacial score (nSPS) is 8.79. The molecule has 6 nitrogen and oxygen atoms in total. The molecule has 0 fully saturated rings. The van der Waals surface area contributed by atoms with E-state index in [1.54, 1.807) is 6.92 Å². The number of primary amides is 3. The number of hydrogen-bond acceptors (Lipinski definition) is 3. The van der Waals surface area contributed by atoms with Gasteiger partial charge in [-0.2, -0.15) is 0 Å². The van der Waals surface area contributed by atoms with Crippen LogP contribution in [0.25, 0.3) is 0 Å². The van der Waals surface area contributed by atoms with E-state index in [4.69, 9.17) is 11.5 Å². The van der Waals surface area contributed by atoms with Gasteiger partial charge in [-0.15, -0.1) is 0 Å². The summed E-state index contributed by atoms with van der Waals surface area (Å²) in [5.74, 6) is -1.16. The highest BCUT2D eigenvalue weighted by molar-refractivity contribution is 5.77. The Morgan fingerprint density at radius 2 is 1.21 bits per heavy atom. The van der Waals surface area contributed by atoms with Crippen LogP contribution >= 0.6 is 0 Å². The molecule has 0 saturated carbocycles. The second-order valence-corrected chi connectivity index (χ2v) is 3.06. The van der Waals surface area contributed by atoms with Crippen molar-refractivity contribution in [3.63, 3.8) is 0 Å². The van der Waals surface area contributed by atoms with E-state index in [-0.39, 0.29) is 24.7 Å². The Labute approximate surface area is 82.8 Å². The minimum Gasteiger partial charge on any atom is -0.370 e. The molecule has 0 aromatic carbocycles. The fourth-order valence-corrected chi connectivity index (χ4v) is 0.759. The quantitative estimate of drug-likeness (QED) is 0.534. The van der Waals surface area contributed by atoms with E-state index in [2.05, 4.69) is 5.73 Å². The summed E-state index contributed by atoms with van der Waals surface area (Å²) < 4.78 is 0. The van der Waals surface area contributed by atoms with Gasteiger partial charge in [-0.1, -0.05) is 6.92 Å². The molecule has 0 heterocycles. The molecule has 0 saturated heterocycles. The highest BCUT2D eigenvalue weighted by atomic mass is 16.1. The SMILES string of the molecule is CC(CC(N)=O)CC(N)=O.CC(N)=O. The molecule has 6 heteroatoms. The van der Waals surface area contributed by atoms with E-state index in [0.29, 0.717) is 0 Å². The lowest BCUT2D eigenvalue weighted by molar-refractivity contribution is -0.120. The van der Waals surface area contributed by atoms with Crippen molar-refractivity contribution < 1.29 is 14.4 Å². The number of nitrogens with two attached hydrogens (primary N) is 3. The Morgan fingerprint density at radius 3 is 1.36 bits per heavy atom. The molecule has 0 rings (SSSR count). The van der Waals surface area contributed by atoms with Crippen LogP contribution in [-0.2, 0) is 14.4 Å². The predicted octanol–water partition coefficient (Wildman–Crippen LogP) is -1.14. The average molecular weight is 203 g/mol. The number of rotatable bonds is 4. The van der Waals surface area contributed by atoms with Crippen molar-refractivity contribution >= 4 is 17.7 Å². The number of amides is 3. The molecule has 6 N–H and O–H groups in total. The van der Waals surface area contributed by atoms with Gasteiger partial charge in [-0.05, 0) is 5.92 Å². The summed E-state index contributed by atoms with van der Waals surface area (Å²) in [5.41, 5.74) is 14.2. The maximum atomic E-state index is 10.3. The first-order valence-electron chi connectivity index (χ1n) is 4.08. The summed E-state index contributed by atoms with van der Waals surface area (Å²) in [5, 5.41) is 0. The summed E-state index contributed by atoms with van der Waals surface area (Å²) in [6.07, 6.45) is 0.450. The lowest BCUT2D eigenvalue weighted by atomic mass is 10.0. The molecule has 0 aromatic rings. The van der Waals surface area contributed by atoms with Crippen LogP contribution in [0.5, 0.6) is 0 Å². The third-order valence-corrected chi connectivity index (χ3v) is 1.10. The molecule has 0 atom stereocenters. The van der Waals surface area contributed by atoms with Gasteiger partial charge in [0.25, 0.3) is 0 Å². The minimum atomic E-state index is -0.395. The smallest absolute Gasteiger partial charge is 0.217 e. The predicted molar refractivity (Wildman–Crippen MR) is 51.7 cm³/mol. The van der Waals surface area contributed by atoms with Gasteiger partial charge in [0, 0.05) is 19.8 Å². The number of carbonyl (C=O) groups excluding carboxylic acids is 3. The molecule has 3 amide bonds. The molecule has 0 bridgehead atoms. The lowest BCUT2D eigenvalue weighted by Gasteiger charge is -2.03. The van der Waals surface area contributed by atoms with Crippen molar-refractivity contribution in [3.05, 3.63) is 0 Å². The average Bonchev–Trinajstić information content (AvgIpc) is 1.79. The minimum absolute atomic E-state index is 0.0324. The molecule has 0 unspecified atom stereocenters. The summed E-state index contributed by atoms with van der Waals surface area (Å²) in [7, 11) is 0. The first kappa shape index (κ1) is 14.9. The molecular formula is C8H17N3O3. The highest BCUT2D eigenvalue weighted by Crippen LogP contribution is 2.04. The van der Waals surface area contributed by atoms with Crippen molar-refractivity contribution in [3.8, 4) is 0 Å². The van der Waals surface area contributed by atoms with Gasteiger partial charge in [-0.3, -0.25) is 14.4 Å². The molecule has 0 aliphatic rings. The maximum Gasteiger partial charge on any atom is 0.217 e.